The van der Waals surface area contributed by atoms with E-state index in [-0.39, 0.29) is 0 Å². The molecule has 0 aliphatic rings. The Bertz CT molecular complexity index is 3190. The summed E-state index contributed by atoms with van der Waals surface area (Å²) in [6.45, 7) is 0. The molecule has 0 aliphatic carbocycles. The van der Waals surface area contributed by atoms with Crippen LogP contribution in [-0.4, -0.2) is 8.80 Å². The van der Waals surface area contributed by atoms with Crippen LogP contribution in [0.25, 0.3) is 107 Å². The molecular weight excluding hydrogens is 565 g/mol. The van der Waals surface area contributed by atoms with Gasteiger partial charge in [0.2, 0.25) is 0 Å². The van der Waals surface area contributed by atoms with Crippen LogP contribution in [0, 0.1) is 0 Å². The van der Waals surface area contributed by atoms with E-state index in [0.29, 0.717) is 0 Å². The number of thiophene rings is 1. The van der Waals surface area contributed by atoms with Crippen molar-refractivity contribution in [2.24, 2.45) is 0 Å². The Morgan fingerprint density at radius 1 is 0.333 bits per heavy atom. The molecular formula is C42H22N2S. The third-order valence-corrected chi connectivity index (χ3v) is 11.5. The van der Waals surface area contributed by atoms with Crippen molar-refractivity contribution in [2.45, 2.75) is 0 Å². The molecule has 0 saturated heterocycles. The zero-order valence-corrected chi connectivity index (χ0v) is 24.8. The Morgan fingerprint density at radius 3 is 1.84 bits per heavy atom. The number of benzene rings is 7. The van der Waals surface area contributed by atoms with Crippen LogP contribution < -0.4 is 0 Å². The Labute approximate surface area is 260 Å². The minimum absolute atomic E-state index is 1.25. The van der Waals surface area contributed by atoms with Crippen LogP contribution in [0.1, 0.15) is 0 Å². The minimum atomic E-state index is 1.25. The summed E-state index contributed by atoms with van der Waals surface area (Å²) in [6, 6.07) is 49.9. The zero-order chi connectivity index (χ0) is 29.0. The number of rotatable bonds is 1. The molecule has 0 amide bonds. The van der Waals surface area contributed by atoms with E-state index in [1.807, 2.05) is 11.3 Å². The predicted molar refractivity (Wildman–Crippen MR) is 194 cm³/mol. The van der Waals surface area contributed by atoms with Gasteiger partial charge < -0.3 is 8.80 Å². The molecule has 0 aliphatic heterocycles. The molecule has 0 fully saturated rings. The first kappa shape index (κ1) is 22.8. The van der Waals surface area contributed by atoms with E-state index in [2.05, 4.69) is 142 Å². The molecule has 7 aromatic carbocycles. The van der Waals surface area contributed by atoms with Crippen LogP contribution in [0.5, 0.6) is 0 Å². The lowest BCUT2D eigenvalue weighted by Crippen LogP contribution is -1.83. The molecule has 12 aromatic rings. The van der Waals surface area contributed by atoms with Crippen LogP contribution in [0.2, 0.25) is 0 Å². The molecule has 0 unspecified atom stereocenters. The van der Waals surface area contributed by atoms with Gasteiger partial charge in [-0.25, -0.2) is 0 Å². The SMILES string of the molecule is c1ccc(-c2cc3c4cc5c(cc4n4c6ccc7sc8ccccc8c7c6c(c2)c34)c2cccc3c4ccccc4n5c32)cc1. The number of aromatic nitrogens is 2. The van der Waals surface area contributed by atoms with Gasteiger partial charge in [0.05, 0.1) is 33.1 Å². The summed E-state index contributed by atoms with van der Waals surface area (Å²) in [5.41, 5.74) is 10.3. The zero-order valence-electron chi connectivity index (χ0n) is 24.0. The van der Waals surface area contributed by atoms with E-state index >= 15 is 0 Å². The Hall–Kier alpha value is -5.64. The second-order valence-corrected chi connectivity index (χ2v) is 13.6. The Morgan fingerprint density at radius 2 is 0.978 bits per heavy atom. The third kappa shape index (κ3) is 2.61. The highest BCUT2D eigenvalue weighted by Gasteiger charge is 2.24. The van der Waals surface area contributed by atoms with Gasteiger partial charge in [0.15, 0.2) is 0 Å². The first-order valence-corrected chi connectivity index (χ1v) is 16.3. The largest absolute Gasteiger partial charge is 0.308 e. The maximum absolute atomic E-state index is 2.56. The fourth-order valence-corrected chi connectivity index (χ4v) is 9.68. The molecule has 0 spiro atoms. The topological polar surface area (TPSA) is 8.82 Å². The highest BCUT2D eigenvalue weighted by Crippen LogP contribution is 2.48. The van der Waals surface area contributed by atoms with Crippen LogP contribution in [0.4, 0.5) is 0 Å². The third-order valence-electron chi connectivity index (χ3n) is 10.3. The van der Waals surface area contributed by atoms with Crippen LogP contribution in [-0.2, 0) is 0 Å². The molecule has 0 saturated carbocycles. The predicted octanol–water partition coefficient (Wildman–Crippen LogP) is 12.0. The smallest absolute Gasteiger partial charge is 0.0621 e. The molecule has 2 nitrogen and oxygen atoms in total. The molecule has 206 valence electrons. The van der Waals surface area contributed by atoms with Gasteiger partial charge >= 0.3 is 0 Å². The molecule has 5 heterocycles. The summed E-state index contributed by atoms with van der Waals surface area (Å²) in [5.74, 6) is 0. The van der Waals surface area contributed by atoms with Gasteiger partial charge in [-0.2, -0.15) is 0 Å². The van der Waals surface area contributed by atoms with Crippen molar-refractivity contribution in [3.05, 3.63) is 133 Å². The second kappa shape index (κ2) is 7.71. The minimum Gasteiger partial charge on any atom is -0.308 e. The number of hydrogen-bond donors (Lipinski definition) is 0. The van der Waals surface area contributed by atoms with Crippen molar-refractivity contribution in [3.8, 4) is 11.1 Å². The van der Waals surface area contributed by atoms with Gasteiger partial charge in [-0.05, 0) is 59.7 Å². The second-order valence-electron chi connectivity index (χ2n) is 12.5. The Balaban J connectivity index is 1.36. The van der Waals surface area contributed by atoms with Gasteiger partial charge in [-0.3, -0.25) is 0 Å². The number of fused-ring (bicyclic) bond motifs is 16. The molecule has 5 aromatic heterocycles. The highest BCUT2D eigenvalue weighted by atomic mass is 32.1. The summed E-state index contributed by atoms with van der Waals surface area (Å²) in [5, 5.41) is 13.3. The maximum atomic E-state index is 2.56. The van der Waals surface area contributed by atoms with Crippen molar-refractivity contribution < 1.29 is 0 Å². The average molecular weight is 587 g/mol. The number of para-hydroxylation sites is 2. The monoisotopic (exact) mass is 586 g/mol. The van der Waals surface area contributed by atoms with Crippen molar-refractivity contribution >= 4 is 108 Å². The standard InChI is InChI=1S/C42H22N2S/c1-2-9-23(10-3-1)24-19-31-30-22-35-29(27-14-8-13-26-25-11-4-6-15-33(25)43(35)41(26)27)21-36(30)44-34-17-18-38-40(39(34)32(20-24)42(31)44)28-12-5-7-16-37(28)45-38/h1-22H. The van der Waals surface area contributed by atoms with Gasteiger partial charge in [0.1, 0.15) is 0 Å². The quantitative estimate of drug-likeness (QED) is 0.181. The molecule has 45 heavy (non-hydrogen) atoms. The van der Waals surface area contributed by atoms with E-state index in [1.54, 1.807) is 0 Å². The summed E-state index contributed by atoms with van der Waals surface area (Å²) < 4.78 is 7.75. The van der Waals surface area contributed by atoms with Crippen molar-refractivity contribution in [1.82, 2.24) is 8.80 Å². The lowest BCUT2D eigenvalue weighted by Gasteiger charge is -2.05. The summed E-state index contributed by atoms with van der Waals surface area (Å²) in [7, 11) is 0. The van der Waals surface area contributed by atoms with Crippen molar-refractivity contribution in [3.63, 3.8) is 0 Å². The van der Waals surface area contributed by atoms with Gasteiger partial charge in [-0.15, -0.1) is 11.3 Å². The van der Waals surface area contributed by atoms with Gasteiger partial charge in [0, 0.05) is 63.3 Å². The van der Waals surface area contributed by atoms with Crippen molar-refractivity contribution in [2.75, 3.05) is 0 Å². The van der Waals surface area contributed by atoms with E-state index < -0.39 is 0 Å². The number of hydrogen-bond acceptors (Lipinski definition) is 1. The van der Waals surface area contributed by atoms with Gasteiger partial charge in [-0.1, -0.05) is 84.9 Å². The van der Waals surface area contributed by atoms with Crippen LogP contribution >= 0.6 is 11.3 Å². The molecule has 3 heteroatoms. The molecule has 0 atom stereocenters. The van der Waals surface area contributed by atoms with Crippen molar-refractivity contribution in [1.29, 1.82) is 0 Å². The first-order valence-electron chi connectivity index (χ1n) is 15.5. The average Bonchev–Trinajstić information content (AvgIpc) is 3.88. The van der Waals surface area contributed by atoms with E-state index in [1.165, 1.54) is 107 Å². The normalized spacial score (nSPS) is 12.9. The molecule has 0 bridgehead atoms. The summed E-state index contributed by atoms with van der Waals surface area (Å²) in [6.07, 6.45) is 0. The van der Waals surface area contributed by atoms with Crippen LogP contribution in [0.3, 0.4) is 0 Å². The maximum Gasteiger partial charge on any atom is 0.0621 e. The van der Waals surface area contributed by atoms with E-state index in [9.17, 15) is 0 Å². The summed E-state index contributed by atoms with van der Waals surface area (Å²) >= 11 is 1.90. The number of nitrogens with zero attached hydrogens (tertiary/aromatic N) is 2. The highest BCUT2D eigenvalue weighted by molar-refractivity contribution is 7.26. The molecule has 12 rings (SSSR count). The van der Waals surface area contributed by atoms with E-state index in [4.69, 9.17) is 0 Å². The van der Waals surface area contributed by atoms with Crippen LogP contribution in [0.15, 0.2) is 133 Å². The molecule has 0 radical (unpaired) electrons. The molecule has 0 N–H and O–H groups in total. The first-order chi connectivity index (χ1) is 22.3. The fraction of sp³-hybridized carbons (Fsp3) is 0. The van der Waals surface area contributed by atoms with Gasteiger partial charge in [0.25, 0.3) is 0 Å². The fourth-order valence-electron chi connectivity index (χ4n) is 8.57. The Kier molecular flexibility index (Phi) is 3.91. The lowest BCUT2D eigenvalue weighted by atomic mass is 9.97. The lowest BCUT2D eigenvalue weighted by molar-refractivity contribution is 1.36. The van der Waals surface area contributed by atoms with E-state index in [0.717, 1.165) is 0 Å². The summed E-state index contributed by atoms with van der Waals surface area (Å²) in [4.78, 5) is 0.